The second kappa shape index (κ2) is 2.90. The van der Waals surface area contributed by atoms with Crippen LogP contribution < -0.4 is 0 Å². The molecule has 1 saturated heterocycles. The summed E-state index contributed by atoms with van der Waals surface area (Å²) in [5, 5.41) is 13.9. The van der Waals surface area contributed by atoms with Crippen molar-refractivity contribution in [3.8, 4) is 0 Å². The maximum Gasteiger partial charge on any atom is 0.281 e. The van der Waals surface area contributed by atoms with E-state index in [1.54, 1.807) is 0 Å². The van der Waals surface area contributed by atoms with E-state index in [2.05, 4.69) is 0 Å². The first kappa shape index (κ1) is 11.4. The van der Waals surface area contributed by atoms with Gasteiger partial charge in [-0.15, -0.1) is 5.11 Å². The largest absolute Gasteiger partial charge is 0.451 e. The third-order valence-corrected chi connectivity index (χ3v) is 2.89. The quantitative estimate of drug-likeness (QED) is 0.458. The van der Waals surface area contributed by atoms with E-state index in [4.69, 9.17) is 44.3 Å². The predicted octanol–water partition coefficient (Wildman–Crippen LogP) is -2.32. The molecule has 13 heavy (non-hydrogen) atoms. The molecular weight excluding hydrogens is 157 g/mol. The minimum absolute atomic E-state index is 0.0741. The fourth-order valence-corrected chi connectivity index (χ4v) is 1.92. The molecular formula is C5H6B6O2. The maximum atomic E-state index is 9.47. The van der Waals surface area contributed by atoms with Crippen LogP contribution in [-0.2, 0) is 0 Å². The van der Waals surface area contributed by atoms with Gasteiger partial charge in [-0.1, -0.05) is 10.4 Å². The van der Waals surface area contributed by atoms with E-state index in [9.17, 15) is 5.02 Å². The highest BCUT2D eigenvalue weighted by Gasteiger charge is 2.74. The van der Waals surface area contributed by atoms with Gasteiger partial charge >= 0.3 is 0 Å². The molecule has 0 saturated carbocycles. The van der Waals surface area contributed by atoms with E-state index >= 15 is 0 Å². The summed E-state index contributed by atoms with van der Waals surface area (Å²) in [7, 11) is 27.4. The summed E-state index contributed by atoms with van der Waals surface area (Å²) in [4.78, 5) is 0. The SMILES string of the molecule is [B]C([B])([B])C1(CCO)B(O)C1([B])[B]. The molecule has 0 bridgehead atoms. The Kier molecular flexibility index (Phi) is 2.54. The third kappa shape index (κ3) is 1.25. The van der Waals surface area contributed by atoms with Gasteiger partial charge in [0.1, 0.15) is 0 Å². The highest BCUT2D eigenvalue weighted by molar-refractivity contribution is 6.95. The Morgan fingerprint density at radius 3 is 1.69 bits per heavy atom. The van der Waals surface area contributed by atoms with E-state index in [1.165, 1.54) is 0 Å². The molecule has 1 rings (SSSR count). The molecule has 0 aromatic heterocycles. The summed E-state index contributed by atoms with van der Waals surface area (Å²) in [5.74, 6) is 0. The van der Waals surface area contributed by atoms with Crippen molar-refractivity contribution < 1.29 is 10.1 Å². The van der Waals surface area contributed by atoms with Crippen molar-refractivity contribution in [1.82, 2.24) is 0 Å². The van der Waals surface area contributed by atoms with Crippen LogP contribution in [0.4, 0.5) is 0 Å². The average Bonchev–Trinajstić information content (AvgIpc) is 2.34. The highest BCUT2D eigenvalue weighted by atomic mass is 16.3. The minimum Gasteiger partial charge on any atom is -0.451 e. The van der Waals surface area contributed by atoms with Crippen molar-refractivity contribution in [2.24, 2.45) is 0 Å². The topological polar surface area (TPSA) is 40.5 Å². The molecule has 56 valence electrons. The van der Waals surface area contributed by atoms with Gasteiger partial charge < -0.3 is 10.1 Å². The molecule has 1 atom stereocenters. The van der Waals surface area contributed by atoms with E-state index in [0.717, 1.165) is 0 Å². The average molecular weight is 163 g/mol. The first-order chi connectivity index (χ1) is 5.72. The van der Waals surface area contributed by atoms with Crippen molar-refractivity contribution in [2.75, 3.05) is 6.61 Å². The molecule has 0 amide bonds. The summed E-state index contributed by atoms with van der Waals surface area (Å²) < 4.78 is 0. The van der Waals surface area contributed by atoms with Crippen LogP contribution >= 0.6 is 0 Å². The standard InChI is InChI=1S/C5H6B6O2/c6-4(7,8)3(1-2-12)5(9,10)11(3)13/h12-13H,1-2H2. The van der Waals surface area contributed by atoms with Crippen LogP contribution in [0.1, 0.15) is 6.42 Å². The highest BCUT2D eigenvalue weighted by Crippen LogP contribution is 2.79. The number of hydrogen-bond acceptors (Lipinski definition) is 2. The van der Waals surface area contributed by atoms with Crippen LogP contribution in [0.15, 0.2) is 0 Å². The smallest absolute Gasteiger partial charge is 0.281 e. The van der Waals surface area contributed by atoms with Gasteiger partial charge in [0.05, 0.1) is 39.2 Å². The number of aliphatic hydroxyl groups excluding tert-OH is 1. The first-order valence-corrected chi connectivity index (χ1v) is 3.95. The number of rotatable bonds is 3. The Morgan fingerprint density at radius 2 is 1.62 bits per heavy atom. The second-order valence-electron chi connectivity index (χ2n) is 3.71. The normalized spacial score (nSPS) is 31.7. The molecule has 0 aliphatic carbocycles. The molecule has 0 aromatic rings. The molecule has 1 aliphatic rings. The lowest BCUT2D eigenvalue weighted by Gasteiger charge is -2.37. The molecule has 0 spiro atoms. The predicted molar refractivity (Wildman–Crippen MR) is 56.5 cm³/mol. The summed E-state index contributed by atoms with van der Waals surface area (Å²) in [6, 6.07) is 0. The van der Waals surface area contributed by atoms with Crippen LogP contribution in [0, 0.1) is 0 Å². The molecule has 0 aromatic carbocycles. The van der Waals surface area contributed by atoms with Gasteiger partial charge in [-0.05, 0) is 6.42 Å². The molecule has 1 fully saturated rings. The van der Waals surface area contributed by atoms with Crippen LogP contribution in [0.3, 0.4) is 0 Å². The zero-order chi connectivity index (χ0) is 10.5. The van der Waals surface area contributed by atoms with Crippen LogP contribution in [-0.4, -0.2) is 62.9 Å². The van der Waals surface area contributed by atoms with Crippen molar-refractivity contribution in [1.29, 1.82) is 0 Å². The zero-order valence-electron chi connectivity index (χ0n) is 7.27. The Hall–Kier alpha value is 0.310. The molecule has 1 heterocycles. The van der Waals surface area contributed by atoms with Crippen molar-refractivity contribution in [2.45, 2.75) is 22.0 Å². The monoisotopic (exact) mass is 164 g/mol. The van der Waals surface area contributed by atoms with Crippen LogP contribution in [0.5, 0.6) is 0 Å². The Balaban J connectivity index is 2.95. The summed E-state index contributed by atoms with van der Waals surface area (Å²) in [6.07, 6.45) is 0.0741. The van der Waals surface area contributed by atoms with Gasteiger partial charge in [-0.25, -0.2) is 0 Å². The van der Waals surface area contributed by atoms with Crippen molar-refractivity contribution in [3.05, 3.63) is 0 Å². The minimum atomic E-state index is -1.70. The molecule has 8 heteroatoms. The number of aliphatic hydroxyl groups is 1. The maximum absolute atomic E-state index is 9.47. The summed E-state index contributed by atoms with van der Waals surface area (Å²) in [5.41, 5.74) is 0. The summed E-state index contributed by atoms with van der Waals surface area (Å²) >= 11 is 0. The Morgan fingerprint density at radius 1 is 1.23 bits per heavy atom. The van der Waals surface area contributed by atoms with Gasteiger partial charge in [0, 0.05) is 6.61 Å². The lowest BCUT2D eigenvalue weighted by Crippen LogP contribution is -2.27. The summed E-state index contributed by atoms with van der Waals surface area (Å²) in [6.45, 7) is -1.33. The van der Waals surface area contributed by atoms with Gasteiger partial charge in [0.25, 0.3) is 6.92 Å². The van der Waals surface area contributed by atoms with E-state index < -0.39 is 22.5 Å². The van der Waals surface area contributed by atoms with Crippen molar-refractivity contribution in [3.63, 3.8) is 0 Å². The van der Waals surface area contributed by atoms with Gasteiger partial charge in [0.2, 0.25) is 0 Å². The van der Waals surface area contributed by atoms with Gasteiger partial charge in [0.15, 0.2) is 0 Å². The lowest BCUT2D eigenvalue weighted by atomic mass is 9.31. The number of hydrogen-bond donors (Lipinski definition) is 2. The van der Waals surface area contributed by atoms with Gasteiger partial charge in [-0.3, -0.25) is 0 Å². The molecule has 2 N–H and O–H groups in total. The Labute approximate surface area is 85.4 Å². The Bertz CT molecular complexity index is 201. The molecule has 1 aliphatic heterocycles. The third-order valence-electron chi connectivity index (χ3n) is 2.89. The molecule has 2 nitrogen and oxygen atoms in total. The fourth-order valence-electron chi connectivity index (χ4n) is 1.92. The molecule has 10 radical (unpaired) electrons. The second-order valence-corrected chi connectivity index (χ2v) is 3.71. The fraction of sp³-hybridized carbons (Fsp3) is 1.00. The zero-order valence-corrected chi connectivity index (χ0v) is 7.27. The lowest BCUT2D eigenvalue weighted by molar-refractivity contribution is 0.270. The van der Waals surface area contributed by atoms with Gasteiger partial charge in [-0.2, -0.15) is 0 Å². The van der Waals surface area contributed by atoms with E-state index in [-0.39, 0.29) is 13.0 Å². The molecule has 1 unspecified atom stereocenters. The van der Waals surface area contributed by atoms with E-state index in [1.807, 2.05) is 0 Å². The first-order valence-electron chi connectivity index (χ1n) is 3.95. The van der Waals surface area contributed by atoms with Crippen LogP contribution in [0.25, 0.3) is 0 Å². The van der Waals surface area contributed by atoms with E-state index in [0.29, 0.717) is 0 Å². The van der Waals surface area contributed by atoms with Crippen molar-refractivity contribution >= 4 is 46.1 Å². The van der Waals surface area contributed by atoms with Crippen LogP contribution in [0.2, 0.25) is 15.5 Å².